The molecule has 0 aliphatic rings. The SMILES string of the molecule is C#Cc1ccccc1C(=O)Oc1c(F)c(F)c(F)c(F)c1F. The predicted octanol–water partition coefficient (Wildman–Crippen LogP) is 3.58. The molecular formula is C15H5F5O2. The highest BCUT2D eigenvalue weighted by Gasteiger charge is 2.29. The molecule has 0 saturated heterocycles. The maximum Gasteiger partial charge on any atom is 0.345 e. The molecule has 0 aromatic heterocycles. The molecule has 0 aliphatic carbocycles. The number of benzene rings is 2. The normalized spacial score (nSPS) is 10.2. The van der Waals surface area contributed by atoms with Gasteiger partial charge in [-0.25, -0.2) is 18.0 Å². The van der Waals surface area contributed by atoms with Crippen LogP contribution in [0.5, 0.6) is 5.75 Å². The largest absolute Gasteiger partial charge is 0.416 e. The molecule has 0 fully saturated rings. The van der Waals surface area contributed by atoms with E-state index in [2.05, 4.69) is 10.7 Å². The lowest BCUT2D eigenvalue weighted by Gasteiger charge is -2.09. The zero-order valence-electron chi connectivity index (χ0n) is 10.6. The van der Waals surface area contributed by atoms with Crippen molar-refractivity contribution in [3.8, 4) is 18.1 Å². The molecule has 0 aliphatic heterocycles. The van der Waals surface area contributed by atoms with Crippen LogP contribution in [0.1, 0.15) is 15.9 Å². The van der Waals surface area contributed by atoms with E-state index in [0.29, 0.717) is 0 Å². The number of terminal acetylenes is 1. The van der Waals surface area contributed by atoms with Gasteiger partial charge in [-0.05, 0) is 12.1 Å². The average Bonchev–Trinajstić information content (AvgIpc) is 2.54. The quantitative estimate of drug-likeness (QED) is 0.212. The number of carbonyl (C=O) groups is 1. The third-order valence-electron chi connectivity index (χ3n) is 2.67. The summed E-state index contributed by atoms with van der Waals surface area (Å²) in [5.41, 5.74) is -0.217. The first-order chi connectivity index (χ1) is 10.4. The van der Waals surface area contributed by atoms with Crippen LogP contribution in [0.4, 0.5) is 22.0 Å². The van der Waals surface area contributed by atoms with Gasteiger partial charge < -0.3 is 4.74 Å². The summed E-state index contributed by atoms with van der Waals surface area (Å²) < 4.78 is 70.0. The molecule has 0 unspecified atom stereocenters. The fraction of sp³-hybridized carbons (Fsp3) is 0. The van der Waals surface area contributed by atoms with Crippen molar-refractivity contribution in [2.45, 2.75) is 0 Å². The number of ether oxygens (including phenoxy) is 1. The molecule has 0 radical (unpaired) electrons. The predicted molar refractivity (Wildman–Crippen MR) is 65.6 cm³/mol. The topological polar surface area (TPSA) is 26.3 Å². The molecule has 0 heterocycles. The Morgan fingerprint density at radius 3 is 1.95 bits per heavy atom. The maximum atomic E-state index is 13.4. The highest BCUT2D eigenvalue weighted by molar-refractivity contribution is 5.93. The van der Waals surface area contributed by atoms with E-state index in [1.807, 2.05) is 0 Å². The van der Waals surface area contributed by atoms with Crippen molar-refractivity contribution in [1.82, 2.24) is 0 Å². The van der Waals surface area contributed by atoms with Gasteiger partial charge in [-0.3, -0.25) is 0 Å². The standard InChI is InChI=1S/C15H5F5O2/c1-2-7-5-3-4-6-8(7)15(21)22-14-12(19)10(17)9(16)11(18)13(14)20/h1,3-6H. The Hall–Kier alpha value is -2.88. The van der Waals surface area contributed by atoms with Crippen LogP contribution in [-0.4, -0.2) is 5.97 Å². The van der Waals surface area contributed by atoms with Gasteiger partial charge in [-0.1, -0.05) is 18.1 Å². The molecular weight excluding hydrogens is 307 g/mol. The lowest BCUT2D eigenvalue weighted by molar-refractivity contribution is 0.0715. The summed E-state index contributed by atoms with van der Waals surface area (Å²) in [5, 5.41) is 0. The number of halogens is 5. The van der Waals surface area contributed by atoms with E-state index < -0.39 is 40.8 Å². The molecule has 0 N–H and O–H groups in total. The Labute approximate surface area is 121 Å². The van der Waals surface area contributed by atoms with E-state index in [1.54, 1.807) is 0 Å². The number of hydrogen-bond donors (Lipinski definition) is 0. The maximum absolute atomic E-state index is 13.4. The van der Waals surface area contributed by atoms with E-state index in [1.165, 1.54) is 24.3 Å². The van der Waals surface area contributed by atoms with Crippen LogP contribution in [0.25, 0.3) is 0 Å². The van der Waals surface area contributed by atoms with E-state index in [9.17, 15) is 26.7 Å². The second-order valence-electron chi connectivity index (χ2n) is 3.98. The lowest BCUT2D eigenvalue weighted by Crippen LogP contribution is -2.14. The highest BCUT2D eigenvalue weighted by Crippen LogP contribution is 2.29. The van der Waals surface area contributed by atoms with Crippen LogP contribution < -0.4 is 4.74 Å². The smallest absolute Gasteiger partial charge is 0.345 e. The van der Waals surface area contributed by atoms with Crippen molar-refractivity contribution in [2.24, 2.45) is 0 Å². The molecule has 2 aromatic carbocycles. The summed E-state index contributed by atoms with van der Waals surface area (Å²) in [7, 11) is 0. The summed E-state index contributed by atoms with van der Waals surface area (Å²) in [4.78, 5) is 11.8. The first-order valence-electron chi connectivity index (χ1n) is 5.67. The summed E-state index contributed by atoms with van der Waals surface area (Å²) >= 11 is 0. The van der Waals surface area contributed by atoms with Gasteiger partial charge in [0, 0.05) is 5.56 Å². The van der Waals surface area contributed by atoms with Crippen LogP contribution in [0.15, 0.2) is 24.3 Å². The summed E-state index contributed by atoms with van der Waals surface area (Å²) in [6, 6.07) is 5.40. The Morgan fingerprint density at radius 1 is 0.909 bits per heavy atom. The van der Waals surface area contributed by atoms with Crippen molar-refractivity contribution >= 4 is 5.97 Å². The Balaban J connectivity index is 2.48. The molecule has 0 amide bonds. The zero-order chi connectivity index (χ0) is 16.4. The molecule has 2 nitrogen and oxygen atoms in total. The number of carbonyl (C=O) groups excluding carboxylic acids is 1. The summed E-state index contributed by atoms with van der Waals surface area (Å²) in [6.07, 6.45) is 5.13. The van der Waals surface area contributed by atoms with Crippen molar-refractivity contribution in [3.63, 3.8) is 0 Å². The van der Waals surface area contributed by atoms with Gasteiger partial charge in [-0.2, -0.15) is 8.78 Å². The van der Waals surface area contributed by atoms with Crippen LogP contribution >= 0.6 is 0 Å². The van der Waals surface area contributed by atoms with Crippen molar-refractivity contribution < 1.29 is 31.5 Å². The number of rotatable bonds is 2. The second kappa shape index (κ2) is 5.85. The molecule has 112 valence electrons. The molecule has 7 heteroatoms. The monoisotopic (exact) mass is 312 g/mol. The van der Waals surface area contributed by atoms with Gasteiger partial charge >= 0.3 is 5.97 Å². The summed E-state index contributed by atoms with van der Waals surface area (Å²) in [5.74, 6) is -12.2. The Bertz CT molecular complexity index is 779. The van der Waals surface area contributed by atoms with Crippen LogP contribution in [0.2, 0.25) is 0 Å². The minimum absolute atomic E-state index is 0.0383. The first kappa shape index (κ1) is 15.5. The fourth-order valence-electron chi connectivity index (χ4n) is 1.61. The van der Waals surface area contributed by atoms with Gasteiger partial charge in [-0.15, -0.1) is 6.42 Å². The van der Waals surface area contributed by atoms with Gasteiger partial charge in [0.15, 0.2) is 0 Å². The van der Waals surface area contributed by atoms with Crippen LogP contribution in [-0.2, 0) is 0 Å². The fourth-order valence-corrected chi connectivity index (χ4v) is 1.61. The summed E-state index contributed by atoms with van der Waals surface area (Å²) in [6.45, 7) is 0. The lowest BCUT2D eigenvalue weighted by atomic mass is 10.1. The molecule has 2 aromatic rings. The third kappa shape index (κ3) is 2.51. The van der Waals surface area contributed by atoms with Crippen molar-refractivity contribution in [1.29, 1.82) is 0 Å². The average molecular weight is 312 g/mol. The molecule has 0 saturated carbocycles. The first-order valence-corrected chi connectivity index (χ1v) is 5.67. The number of esters is 1. The van der Waals surface area contributed by atoms with Gasteiger partial charge in [0.05, 0.1) is 5.56 Å². The molecule has 0 spiro atoms. The van der Waals surface area contributed by atoms with E-state index >= 15 is 0 Å². The minimum Gasteiger partial charge on any atom is -0.416 e. The Kier molecular flexibility index (Phi) is 4.13. The minimum atomic E-state index is -2.35. The molecule has 0 bridgehead atoms. The van der Waals surface area contributed by atoms with Gasteiger partial charge in [0.1, 0.15) is 0 Å². The molecule has 22 heavy (non-hydrogen) atoms. The van der Waals surface area contributed by atoms with E-state index in [-0.39, 0.29) is 11.1 Å². The van der Waals surface area contributed by atoms with Crippen LogP contribution in [0, 0.1) is 41.4 Å². The highest BCUT2D eigenvalue weighted by atomic mass is 19.2. The molecule has 0 atom stereocenters. The van der Waals surface area contributed by atoms with E-state index in [0.717, 1.165) is 0 Å². The van der Waals surface area contributed by atoms with Crippen molar-refractivity contribution in [3.05, 3.63) is 64.5 Å². The molecule has 2 rings (SSSR count). The van der Waals surface area contributed by atoms with E-state index in [4.69, 9.17) is 6.42 Å². The van der Waals surface area contributed by atoms with Crippen LogP contribution in [0.3, 0.4) is 0 Å². The van der Waals surface area contributed by atoms with Gasteiger partial charge in [0.25, 0.3) is 0 Å². The van der Waals surface area contributed by atoms with Gasteiger partial charge in [0.2, 0.25) is 34.8 Å². The Morgan fingerprint density at radius 2 is 1.41 bits per heavy atom. The third-order valence-corrected chi connectivity index (χ3v) is 2.67. The second-order valence-corrected chi connectivity index (χ2v) is 3.98. The van der Waals surface area contributed by atoms with Crippen molar-refractivity contribution in [2.75, 3.05) is 0 Å². The zero-order valence-corrected chi connectivity index (χ0v) is 10.6. The number of hydrogen-bond acceptors (Lipinski definition) is 2.